The first-order valence-electron chi connectivity index (χ1n) is 7.28. The molecule has 0 aromatic heterocycles. The van der Waals surface area contributed by atoms with Gasteiger partial charge in [0.15, 0.2) is 0 Å². The van der Waals surface area contributed by atoms with Crippen molar-refractivity contribution in [2.24, 2.45) is 0 Å². The lowest BCUT2D eigenvalue weighted by molar-refractivity contribution is 0.0900. The first-order chi connectivity index (χ1) is 9.47. The van der Waals surface area contributed by atoms with E-state index in [1.54, 1.807) is 13.0 Å². The van der Waals surface area contributed by atoms with E-state index in [-0.39, 0.29) is 17.8 Å². The minimum atomic E-state index is -0.302. The Hall–Kier alpha value is -1.42. The molecule has 1 fully saturated rings. The van der Waals surface area contributed by atoms with Crippen molar-refractivity contribution in [1.82, 2.24) is 10.2 Å². The summed E-state index contributed by atoms with van der Waals surface area (Å²) < 4.78 is 13.1. The van der Waals surface area contributed by atoms with Gasteiger partial charge in [0.1, 0.15) is 5.82 Å². The van der Waals surface area contributed by atoms with Gasteiger partial charge < -0.3 is 10.2 Å². The number of carbonyl (C=O) groups is 1. The average molecular weight is 278 g/mol. The van der Waals surface area contributed by atoms with E-state index in [2.05, 4.69) is 24.1 Å². The SMILES string of the molecule is Cc1cc(F)ccc1C(=O)NC1CCN(C(C)C)CC1. The molecule has 1 aliphatic heterocycles. The van der Waals surface area contributed by atoms with Crippen LogP contribution in [-0.4, -0.2) is 36.0 Å². The van der Waals surface area contributed by atoms with Gasteiger partial charge in [-0.1, -0.05) is 0 Å². The number of aryl methyl sites for hydroxylation is 1. The van der Waals surface area contributed by atoms with Gasteiger partial charge in [-0.25, -0.2) is 4.39 Å². The van der Waals surface area contributed by atoms with Gasteiger partial charge >= 0.3 is 0 Å². The van der Waals surface area contributed by atoms with Crippen LogP contribution in [0.15, 0.2) is 18.2 Å². The normalized spacial score (nSPS) is 17.4. The monoisotopic (exact) mass is 278 g/mol. The molecule has 1 aromatic rings. The van der Waals surface area contributed by atoms with Gasteiger partial charge in [-0.15, -0.1) is 0 Å². The number of hydrogen-bond donors (Lipinski definition) is 1. The molecule has 2 rings (SSSR count). The number of likely N-dealkylation sites (tertiary alicyclic amines) is 1. The highest BCUT2D eigenvalue weighted by Gasteiger charge is 2.22. The molecule has 4 heteroatoms. The number of benzene rings is 1. The maximum Gasteiger partial charge on any atom is 0.251 e. The Morgan fingerprint density at radius 2 is 2.00 bits per heavy atom. The third kappa shape index (κ3) is 3.57. The summed E-state index contributed by atoms with van der Waals surface area (Å²) in [6.45, 7) is 8.19. The predicted molar refractivity (Wildman–Crippen MR) is 78.3 cm³/mol. The van der Waals surface area contributed by atoms with Crippen molar-refractivity contribution in [2.45, 2.75) is 45.7 Å². The maximum atomic E-state index is 13.1. The van der Waals surface area contributed by atoms with E-state index < -0.39 is 0 Å². The molecule has 1 aromatic carbocycles. The summed E-state index contributed by atoms with van der Waals surface area (Å²) in [5.74, 6) is -0.394. The molecule has 0 atom stereocenters. The number of halogens is 1. The molecule has 1 aliphatic rings. The number of rotatable bonds is 3. The van der Waals surface area contributed by atoms with Crippen LogP contribution in [0.1, 0.15) is 42.6 Å². The number of amides is 1. The highest BCUT2D eigenvalue weighted by molar-refractivity contribution is 5.95. The molecule has 110 valence electrons. The van der Waals surface area contributed by atoms with Crippen molar-refractivity contribution >= 4 is 5.91 Å². The number of carbonyl (C=O) groups excluding carboxylic acids is 1. The van der Waals surface area contributed by atoms with E-state index in [1.807, 2.05) is 0 Å². The fourth-order valence-corrected chi connectivity index (χ4v) is 2.71. The van der Waals surface area contributed by atoms with E-state index in [0.717, 1.165) is 25.9 Å². The predicted octanol–water partition coefficient (Wildman–Crippen LogP) is 2.74. The summed E-state index contributed by atoms with van der Waals surface area (Å²) in [5, 5.41) is 3.07. The molecule has 1 heterocycles. The smallest absolute Gasteiger partial charge is 0.251 e. The molecule has 0 spiro atoms. The molecule has 0 saturated carbocycles. The Morgan fingerprint density at radius 1 is 1.35 bits per heavy atom. The van der Waals surface area contributed by atoms with Crippen molar-refractivity contribution in [2.75, 3.05) is 13.1 Å². The Kier molecular flexibility index (Phi) is 4.76. The number of nitrogens with one attached hydrogen (secondary N) is 1. The first kappa shape index (κ1) is 15.0. The molecule has 0 radical (unpaired) electrons. The quantitative estimate of drug-likeness (QED) is 0.922. The van der Waals surface area contributed by atoms with Gasteiger partial charge in [0.2, 0.25) is 0 Å². The number of nitrogens with zero attached hydrogens (tertiary/aromatic N) is 1. The largest absolute Gasteiger partial charge is 0.349 e. The second-order valence-corrected chi connectivity index (χ2v) is 5.84. The van der Waals surface area contributed by atoms with Crippen LogP contribution in [0.2, 0.25) is 0 Å². The fraction of sp³-hybridized carbons (Fsp3) is 0.562. The van der Waals surface area contributed by atoms with Gasteiger partial charge in [-0.2, -0.15) is 0 Å². The summed E-state index contributed by atoms with van der Waals surface area (Å²) in [7, 11) is 0. The maximum absolute atomic E-state index is 13.1. The number of piperidine rings is 1. The Labute approximate surface area is 120 Å². The van der Waals surface area contributed by atoms with Crippen molar-refractivity contribution in [1.29, 1.82) is 0 Å². The number of hydrogen-bond acceptors (Lipinski definition) is 2. The van der Waals surface area contributed by atoms with Crippen LogP contribution in [-0.2, 0) is 0 Å². The summed E-state index contributed by atoms with van der Waals surface area (Å²) in [6, 6.07) is 5.08. The third-order valence-electron chi connectivity index (χ3n) is 4.03. The topological polar surface area (TPSA) is 32.3 Å². The fourth-order valence-electron chi connectivity index (χ4n) is 2.71. The molecule has 0 aliphatic carbocycles. The van der Waals surface area contributed by atoms with Crippen LogP contribution in [0.25, 0.3) is 0 Å². The third-order valence-corrected chi connectivity index (χ3v) is 4.03. The highest BCUT2D eigenvalue weighted by Crippen LogP contribution is 2.15. The van der Waals surface area contributed by atoms with E-state index in [9.17, 15) is 9.18 Å². The molecule has 0 unspecified atom stereocenters. The second-order valence-electron chi connectivity index (χ2n) is 5.84. The Morgan fingerprint density at radius 3 is 2.55 bits per heavy atom. The minimum absolute atomic E-state index is 0.0921. The van der Waals surface area contributed by atoms with Crippen LogP contribution in [0, 0.1) is 12.7 Å². The summed E-state index contributed by atoms with van der Waals surface area (Å²) >= 11 is 0. The lowest BCUT2D eigenvalue weighted by Crippen LogP contribution is -2.46. The van der Waals surface area contributed by atoms with Crippen molar-refractivity contribution in [3.05, 3.63) is 35.1 Å². The van der Waals surface area contributed by atoms with Crippen molar-refractivity contribution < 1.29 is 9.18 Å². The van der Waals surface area contributed by atoms with E-state index in [0.29, 0.717) is 17.2 Å². The van der Waals surface area contributed by atoms with Crippen molar-refractivity contribution in [3.63, 3.8) is 0 Å². The minimum Gasteiger partial charge on any atom is -0.349 e. The molecule has 1 saturated heterocycles. The second kappa shape index (κ2) is 6.35. The standard InChI is InChI=1S/C16H23FN2O/c1-11(2)19-8-6-14(7-9-19)18-16(20)15-5-4-13(17)10-12(15)3/h4-5,10-11,14H,6-9H2,1-3H3,(H,18,20). The lowest BCUT2D eigenvalue weighted by atomic mass is 10.0. The van der Waals surface area contributed by atoms with Gasteiger partial charge in [0, 0.05) is 30.7 Å². The van der Waals surface area contributed by atoms with Crippen molar-refractivity contribution in [3.8, 4) is 0 Å². The van der Waals surface area contributed by atoms with Crippen LogP contribution in [0.3, 0.4) is 0 Å². The van der Waals surface area contributed by atoms with E-state index >= 15 is 0 Å². The summed E-state index contributed by atoms with van der Waals surface area (Å²) in [4.78, 5) is 14.6. The van der Waals surface area contributed by atoms with Crippen LogP contribution in [0.4, 0.5) is 4.39 Å². The van der Waals surface area contributed by atoms with Gasteiger partial charge in [-0.3, -0.25) is 4.79 Å². The molecular formula is C16H23FN2O. The Bertz CT molecular complexity index is 479. The molecule has 3 nitrogen and oxygen atoms in total. The van der Waals surface area contributed by atoms with Gasteiger partial charge in [0.25, 0.3) is 5.91 Å². The van der Waals surface area contributed by atoms with Gasteiger partial charge in [-0.05, 0) is 57.4 Å². The molecule has 1 amide bonds. The summed E-state index contributed by atoms with van der Waals surface area (Å²) in [5.41, 5.74) is 1.25. The highest BCUT2D eigenvalue weighted by atomic mass is 19.1. The van der Waals surface area contributed by atoms with Crippen LogP contribution < -0.4 is 5.32 Å². The first-order valence-corrected chi connectivity index (χ1v) is 7.28. The zero-order valence-electron chi connectivity index (χ0n) is 12.4. The Balaban J connectivity index is 1.92. The van der Waals surface area contributed by atoms with Gasteiger partial charge in [0.05, 0.1) is 0 Å². The molecular weight excluding hydrogens is 255 g/mol. The van der Waals surface area contributed by atoms with E-state index in [1.165, 1.54) is 12.1 Å². The molecule has 20 heavy (non-hydrogen) atoms. The molecule has 0 bridgehead atoms. The average Bonchev–Trinajstić information content (AvgIpc) is 2.39. The zero-order valence-corrected chi connectivity index (χ0v) is 12.4. The zero-order chi connectivity index (χ0) is 14.7. The summed E-state index contributed by atoms with van der Waals surface area (Å²) in [6.07, 6.45) is 1.95. The van der Waals surface area contributed by atoms with Crippen LogP contribution in [0.5, 0.6) is 0 Å². The van der Waals surface area contributed by atoms with Crippen LogP contribution >= 0.6 is 0 Å². The lowest BCUT2D eigenvalue weighted by Gasteiger charge is -2.34. The molecule has 1 N–H and O–H groups in total. The van der Waals surface area contributed by atoms with E-state index in [4.69, 9.17) is 0 Å².